The molecule has 1 aliphatic carbocycles. The summed E-state index contributed by atoms with van der Waals surface area (Å²) in [7, 11) is 0. The lowest BCUT2D eigenvalue weighted by Crippen LogP contribution is -2.32. The van der Waals surface area contributed by atoms with Crippen LogP contribution in [0.15, 0.2) is 0 Å². The fraction of sp³-hybridized carbons (Fsp3) is 1.00. The molecule has 0 aromatic carbocycles. The van der Waals surface area contributed by atoms with Crippen LogP contribution in [0, 0.1) is 22.7 Å². The van der Waals surface area contributed by atoms with Crippen molar-refractivity contribution in [3.8, 4) is 0 Å². The fourth-order valence-electron chi connectivity index (χ4n) is 4.00. The first-order valence-corrected chi connectivity index (χ1v) is 8.33. The van der Waals surface area contributed by atoms with E-state index in [0.717, 1.165) is 11.8 Å². The van der Waals surface area contributed by atoms with Crippen LogP contribution in [0.3, 0.4) is 0 Å². The second-order valence-corrected chi connectivity index (χ2v) is 9.08. The maximum atomic E-state index is 6.39. The third-order valence-electron chi connectivity index (χ3n) is 5.54. The summed E-state index contributed by atoms with van der Waals surface area (Å²) >= 11 is 0. The van der Waals surface area contributed by atoms with Crippen molar-refractivity contribution >= 4 is 0 Å². The van der Waals surface area contributed by atoms with Gasteiger partial charge in [0.1, 0.15) is 0 Å². The second-order valence-electron chi connectivity index (χ2n) is 9.08. The molecule has 0 aromatic heterocycles. The Balaban J connectivity index is 1.83. The van der Waals surface area contributed by atoms with Gasteiger partial charge < -0.3 is 4.74 Å². The van der Waals surface area contributed by atoms with Crippen LogP contribution in [0.2, 0.25) is 0 Å². The summed E-state index contributed by atoms with van der Waals surface area (Å²) in [6.45, 7) is 14.2. The lowest BCUT2D eigenvalue weighted by molar-refractivity contribution is -0.0502. The minimum atomic E-state index is 0.317. The third kappa shape index (κ3) is 3.74. The van der Waals surface area contributed by atoms with Crippen LogP contribution in [0.4, 0.5) is 0 Å². The van der Waals surface area contributed by atoms with Crippen LogP contribution in [0.1, 0.15) is 80.1 Å². The molecule has 2 fully saturated rings. The summed E-state index contributed by atoms with van der Waals surface area (Å²) in [6, 6.07) is 0. The number of hydrogen-bond donors (Lipinski definition) is 0. The highest BCUT2D eigenvalue weighted by atomic mass is 16.5. The molecule has 0 N–H and O–H groups in total. The van der Waals surface area contributed by atoms with Crippen molar-refractivity contribution in [3.05, 3.63) is 0 Å². The Bertz CT molecular complexity index is 286. The van der Waals surface area contributed by atoms with E-state index in [1.165, 1.54) is 38.5 Å². The third-order valence-corrected chi connectivity index (χ3v) is 5.54. The highest BCUT2D eigenvalue weighted by Gasteiger charge is 2.39. The summed E-state index contributed by atoms with van der Waals surface area (Å²) < 4.78 is 6.39. The van der Waals surface area contributed by atoms with Gasteiger partial charge in [-0.3, -0.25) is 0 Å². The van der Waals surface area contributed by atoms with Gasteiger partial charge in [-0.15, -0.1) is 0 Å². The first-order chi connectivity index (χ1) is 8.68. The minimum absolute atomic E-state index is 0.317. The molecule has 1 heterocycles. The predicted octanol–water partition coefficient (Wildman–Crippen LogP) is 5.43. The van der Waals surface area contributed by atoms with E-state index in [4.69, 9.17) is 4.74 Å². The van der Waals surface area contributed by atoms with Gasteiger partial charge in [-0.1, -0.05) is 41.5 Å². The van der Waals surface area contributed by atoms with E-state index in [2.05, 4.69) is 41.5 Å². The van der Waals surface area contributed by atoms with Crippen molar-refractivity contribution in [3.63, 3.8) is 0 Å². The molecule has 0 bridgehead atoms. The summed E-state index contributed by atoms with van der Waals surface area (Å²) in [5.74, 6) is 1.76. The number of rotatable bonds is 1. The molecule has 2 aliphatic rings. The normalized spacial score (nSPS) is 37.6. The lowest BCUT2D eigenvalue weighted by atomic mass is 9.69. The van der Waals surface area contributed by atoms with Crippen LogP contribution >= 0.6 is 0 Å². The quantitative estimate of drug-likeness (QED) is 0.614. The van der Waals surface area contributed by atoms with Crippen LogP contribution in [0.5, 0.6) is 0 Å². The van der Waals surface area contributed by atoms with E-state index in [1.807, 2.05) is 0 Å². The van der Waals surface area contributed by atoms with E-state index < -0.39 is 0 Å². The van der Waals surface area contributed by atoms with Gasteiger partial charge in [0.25, 0.3) is 0 Å². The van der Waals surface area contributed by atoms with Gasteiger partial charge in [0.05, 0.1) is 12.2 Å². The van der Waals surface area contributed by atoms with Crippen molar-refractivity contribution < 1.29 is 4.74 Å². The molecule has 0 amide bonds. The molecule has 0 spiro atoms. The topological polar surface area (TPSA) is 9.23 Å². The standard InChI is InChI=1S/C18H34O/c1-17(2,3)14-9-7-13(8-10-14)15-11-12-16(19-15)18(4,5)6/h13-16H,7-12H2,1-6H3. The first-order valence-electron chi connectivity index (χ1n) is 8.33. The molecule has 1 saturated carbocycles. The smallest absolute Gasteiger partial charge is 0.0628 e. The molecular formula is C18H34O. The molecule has 1 heteroatoms. The van der Waals surface area contributed by atoms with Gasteiger partial charge in [-0.25, -0.2) is 0 Å². The molecule has 1 aliphatic heterocycles. The van der Waals surface area contributed by atoms with Crippen LogP contribution < -0.4 is 0 Å². The average Bonchev–Trinajstić information content (AvgIpc) is 2.77. The first kappa shape index (κ1) is 15.4. The van der Waals surface area contributed by atoms with Gasteiger partial charge >= 0.3 is 0 Å². The zero-order valence-electron chi connectivity index (χ0n) is 14.0. The summed E-state index contributed by atoms with van der Waals surface area (Å²) in [5, 5.41) is 0. The predicted molar refractivity (Wildman–Crippen MR) is 82.3 cm³/mol. The summed E-state index contributed by atoms with van der Waals surface area (Å²) in [4.78, 5) is 0. The molecule has 1 saturated heterocycles. The Kier molecular flexibility index (Phi) is 4.35. The fourth-order valence-corrected chi connectivity index (χ4v) is 4.00. The maximum absolute atomic E-state index is 6.39. The molecule has 2 unspecified atom stereocenters. The molecule has 2 atom stereocenters. The van der Waals surface area contributed by atoms with Gasteiger partial charge in [-0.2, -0.15) is 0 Å². The van der Waals surface area contributed by atoms with Gasteiger partial charge in [0.2, 0.25) is 0 Å². The highest BCUT2D eigenvalue weighted by Crippen LogP contribution is 2.44. The lowest BCUT2D eigenvalue weighted by Gasteiger charge is -2.39. The van der Waals surface area contributed by atoms with Gasteiger partial charge in [0.15, 0.2) is 0 Å². The van der Waals surface area contributed by atoms with Crippen molar-refractivity contribution in [2.45, 2.75) is 92.3 Å². The van der Waals surface area contributed by atoms with E-state index >= 15 is 0 Å². The zero-order valence-corrected chi connectivity index (χ0v) is 14.0. The van der Waals surface area contributed by atoms with Crippen LogP contribution in [-0.4, -0.2) is 12.2 Å². The van der Waals surface area contributed by atoms with E-state index in [1.54, 1.807) is 0 Å². The van der Waals surface area contributed by atoms with E-state index in [-0.39, 0.29) is 0 Å². The van der Waals surface area contributed by atoms with Crippen molar-refractivity contribution in [2.75, 3.05) is 0 Å². The molecule has 19 heavy (non-hydrogen) atoms. The van der Waals surface area contributed by atoms with Crippen LogP contribution in [0.25, 0.3) is 0 Å². The number of hydrogen-bond acceptors (Lipinski definition) is 1. The largest absolute Gasteiger partial charge is 0.374 e. The minimum Gasteiger partial charge on any atom is -0.374 e. The highest BCUT2D eigenvalue weighted by molar-refractivity contribution is 4.89. The van der Waals surface area contributed by atoms with E-state index in [9.17, 15) is 0 Å². The van der Waals surface area contributed by atoms with E-state index in [0.29, 0.717) is 23.0 Å². The molecular weight excluding hydrogens is 232 g/mol. The zero-order chi connectivity index (χ0) is 14.3. The monoisotopic (exact) mass is 266 g/mol. The maximum Gasteiger partial charge on any atom is 0.0628 e. The van der Waals surface area contributed by atoms with Crippen LogP contribution in [-0.2, 0) is 4.74 Å². The average molecular weight is 266 g/mol. The Morgan fingerprint density at radius 2 is 1.26 bits per heavy atom. The van der Waals surface area contributed by atoms with Crippen molar-refractivity contribution in [2.24, 2.45) is 22.7 Å². The summed E-state index contributed by atoms with van der Waals surface area (Å²) in [5.41, 5.74) is 0.812. The van der Waals surface area contributed by atoms with Gasteiger partial charge in [-0.05, 0) is 61.2 Å². The molecule has 1 nitrogen and oxygen atoms in total. The van der Waals surface area contributed by atoms with Gasteiger partial charge in [0, 0.05) is 0 Å². The summed E-state index contributed by atoms with van der Waals surface area (Å²) in [6.07, 6.45) is 9.22. The van der Waals surface area contributed by atoms with Crippen molar-refractivity contribution in [1.29, 1.82) is 0 Å². The SMILES string of the molecule is CC(C)(C)C1CCC(C2CCC(C(C)(C)C)O2)CC1. The Labute approximate surface area is 120 Å². The Morgan fingerprint density at radius 1 is 0.684 bits per heavy atom. The Morgan fingerprint density at radius 3 is 1.68 bits per heavy atom. The molecule has 2 rings (SSSR count). The second kappa shape index (κ2) is 5.39. The Hall–Kier alpha value is -0.0400. The molecule has 112 valence electrons. The molecule has 0 radical (unpaired) electrons. The molecule has 0 aromatic rings. The van der Waals surface area contributed by atoms with Crippen molar-refractivity contribution in [1.82, 2.24) is 0 Å². The number of ether oxygens (including phenoxy) is 1.